The summed E-state index contributed by atoms with van der Waals surface area (Å²) in [6.45, 7) is 0. The van der Waals surface area contributed by atoms with Crippen LogP contribution in [-0.4, -0.2) is 11.5 Å². The Balaban J connectivity index is 2.20. The van der Waals surface area contributed by atoms with Crippen LogP contribution in [0.5, 0.6) is 0 Å². The van der Waals surface area contributed by atoms with Crippen LogP contribution >= 0.6 is 8.20 Å². The summed E-state index contributed by atoms with van der Waals surface area (Å²) in [5.41, 5.74) is 0. The van der Waals surface area contributed by atoms with E-state index in [1.807, 2.05) is 5.29 Å². The van der Waals surface area contributed by atoms with E-state index in [0.29, 0.717) is 0 Å². The van der Waals surface area contributed by atoms with Gasteiger partial charge in [0.1, 0.15) is 0 Å². The minimum Gasteiger partial charge on any atom is -0.105 e. The number of hydrogen-bond acceptors (Lipinski definition) is 0. The number of hydrogen-bond donors (Lipinski definition) is 0. The average Bonchev–Trinajstić information content (AvgIpc) is 2.15. The molecule has 1 atom stereocenters. The van der Waals surface area contributed by atoms with Gasteiger partial charge in [0.25, 0.3) is 0 Å². The van der Waals surface area contributed by atoms with Gasteiger partial charge in [0.05, 0.1) is 0 Å². The van der Waals surface area contributed by atoms with Gasteiger partial charge in [-0.25, -0.2) is 0 Å². The lowest BCUT2D eigenvalue weighted by Crippen LogP contribution is -1.97. The van der Waals surface area contributed by atoms with Crippen molar-refractivity contribution in [3.63, 3.8) is 0 Å². The molecule has 0 aromatic carbocycles. The molecule has 1 aliphatic carbocycles. The first kappa shape index (κ1) is 4.99. The second-order valence-corrected chi connectivity index (χ2v) is 4.09. The Morgan fingerprint density at radius 2 is 2.38 bits per heavy atom. The quantitative estimate of drug-likeness (QED) is 0.437. The molecule has 2 rings (SSSR count). The van der Waals surface area contributed by atoms with Crippen molar-refractivity contribution in [1.82, 2.24) is 0 Å². The fourth-order valence-electron chi connectivity index (χ4n) is 1.78. The van der Waals surface area contributed by atoms with Crippen LogP contribution in [0.2, 0.25) is 0 Å². The normalized spacial score (nSPS) is 37.0. The van der Waals surface area contributed by atoms with Gasteiger partial charge in [-0.2, -0.15) is 0 Å². The van der Waals surface area contributed by atoms with Crippen LogP contribution in [0, 0.1) is 5.92 Å². The Morgan fingerprint density at radius 1 is 1.38 bits per heavy atom. The van der Waals surface area contributed by atoms with Crippen molar-refractivity contribution in [3.05, 3.63) is 0 Å². The predicted molar refractivity (Wildman–Crippen MR) is 38.8 cm³/mol. The molecule has 0 aromatic rings. The van der Waals surface area contributed by atoms with Crippen molar-refractivity contribution >= 4 is 13.5 Å². The largest absolute Gasteiger partial charge is 0.105 e. The molecule has 0 aromatic heterocycles. The van der Waals surface area contributed by atoms with Crippen molar-refractivity contribution in [2.75, 3.05) is 6.16 Å². The number of fused-ring (bicyclic) bond motifs is 1. The SMILES string of the molecule is C1CC2=PCCC2C1. The first-order valence-corrected chi connectivity index (χ1v) is 4.58. The molecular formula is C7H11P. The Labute approximate surface area is 52.1 Å². The molecule has 0 nitrogen and oxygen atoms in total. The molecule has 1 heteroatoms. The minimum absolute atomic E-state index is 1.08. The zero-order chi connectivity index (χ0) is 5.40. The molecule has 0 N–H and O–H groups in total. The molecular weight excluding hydrogens is 115 g/mol. The van der Waals surface area contributed by atoms with Crippen LogP contribution in [-0.2, 0) is 0 Å². The second kappa shape index (κ2) is 1.84. The zero-order valence-corrected chi connectivity index (χ0v) is 5.95. The predicted octanol–water partition coefficient (Wildman–Crippen LogP) is 2.31. The van der Waals surface area contributed by atoms with Gasteiger partial charge in [-0.3, -0.25) is 0 Å². The summed E-state index contributed by atoms with van der Waals surface area (Å²) < 4.78 is 0. The molecule has 1 saturated carbocycles. The lowest BCUT2D eigenvalue weighted by Gasteiger charge is -1.98. The molecule has 44 valence electrons. The summed E-state index contributed by atoms with van der Waals surface area (Å²) in [6.07, 6.45) is 7.46. The van der Waals surface area contributed by atoms with E-state index < -0.39 is 0 Å². The second-order valence-electron chi connectivity index (χ2n) is 2.75. The van der Waals surface area contributed by atoms with E-state index in [9.17, 15) is 0 Å². The summed E-state index contributed by atoms with van der Waals surface area (Å²) >= 11 is 0. The summed E-state index contributed by atoms with van der Waals surface area (Å²) in [7, 11) is 1.69. The Morgan fingerprint density at radius 3 is 3.25 bits per heavy atom. The zero-order valence-electron chi connectivity index (χ0n) is 5.06. The van der Waals surface area contributed by atoms with Crippen LogP contribution in [0.3, 0.4) is 0 Å². The molecule has 0 spiro atoms. The van der Waals surface area contributed by atoms with E-state index in [0.717, 1.165) is 5.92 Å². The van der Waals surface area contributed by atoms with E-state index in [-0.39, 0.29) is 0 Å². The molecule has 2 aliphatic rings. The van der Waals surface area contributed by atoms with Gasteiger partial charge in [0.15, 0.2) is 0 Å². The summed E-state index contributed by atoms with van der Waals surface area (Å²) in [4.78, 5) is 0. The standard InChI is InChI=1S/C7H11P/c1-2-6-4-5-8-7(6)3-1/h6H,1-5H2. The highest BCUT2D eigenvalue weighted by atomic mass is 31.1. The van der Waals surface area contributed by atoms with Crippen molar-refractivity contribution in [2.45, 2.75) is 25.7 Å². The van der Waals surface area contributed by atoms with Crippen molar-refractivity contribution in [2.24, 2.45) is 5.92 Å². The monoisotopic (exact) mass is 126 g/mol. The molecule has 0 saturated heterocycles. The molecule has 1 heterocycles. The van der Waals surface area contributed by atoms with Gasteiger partial charge in [-0.05, 0) is 43.1 Å². The molecule has 0 amide bonds. The summed E-state index contributed by atoms with van der Waals surface area (Å²) in [5, 5.41) is 1.88. The molecule has 8 heavy (non-hydrogen) atoms. The third-order valence-electron chi connectivity index (χ3n) is 2.25. The molecule has 1 unspecified atom stereocenters. The Hall–Kier alpha value is 0.170. The third-order valence-corrected chi connectivity index (χ3v) is 3.73. The first-order valence-electron chi connectivity index (χ1n) is 3.50. The highest BCUT2D eigenvalue weighted by molar-refractivity contribution is 7.41. The maximum absolute atomic E-state index is 1.88. The van der Waals surface area contributed by atoms with Crippen molar-refractivity contribution < 1.29 is 0 Å². The first-order chi connectivity index (χ1) is 3.97. The van der Waals surface area contributed by atoms with Crippen LogP contribution in [0.1, 0.15) is 25.7 Å². The minimum atomic E-state index is 1.08. The topological polar surface area (TPSA) is 0 Å². The highest BCUT2D eigenvalue weighted by Gasteiger charge is 2.23. The van der Waals surface area contributed by atoms with Gasteiger partial charge in [-0.15, -0.1) is 8.20 Å². The van der Waals surface area contributed by atoms with E-state index in [2.05, 4.69) is 0 Å². The van der Waals surface area contributed by atoms with Gasteiger partial charge >= 0.3 is 0 Å². The lowest BCUT2D eigenvalue weighted by atomic mass is 10.1. The fourth-order valence-corrected chi connectivity index (χ4v) is 3.34. The van der Waals surface area contributed by atoms with Crippen molar-refractivity contribution in [3.8, 4) is 0 Å². The van der Waals surface area contributed by atoms with Crippen LogP contribution in [0.15, 0.2) is 0 Å². The third kappa shape index (κ3) is 0.631. The van der Waals surface area contributed by atoms with Gasteiger partial charge in [0, 0.05) is 0 Å². The van der Waals surface area contributed by atoms with E-state index in [4.69, 9.17) is 0 Å². The van der Waals surface area contributed by atoms with Gasteiger partial charge in [-0.1, -0.05) is 0 Å². The fraction of sp³-hybridized carbons (Fsp3) is 0.857. The van der Waals surface area contributed by atoms with Crippen LogP contribution in [0.4, 0.5) is 0 Å². The van der Waals surface area contributed by atoms with Crippen molar-refractivity contribution in [1.29, 1.82) is 0 Å². The maximum Gasteiger partial charge on any atom is -0.0101 e. The van der Waals surface area contributed by atoms with E-state index >= 15 is 0 Å². The van der Waals surface area contributed by atoms with Gasteiger partial charge < -0.3 is 0 Å². The molecule has 0 bridgehead atoms. The van der Waals surface area contributed by atoms with Gasteiger partial charge in [0.2, 0.25) is 0 Å². The smallest absolute Gasteiger partial charge is 0.0101 e. The summed E-state index contributed by atoms with van der Waals surface area (Å²) in [6, 6.07) is 0. The average molecular weight is 126 g/mol. The Kier molecular flexibility index (Phi) is 1.15. The number of rotatable bonds is 0. The molecule has 1 aliphatic heterocycles. The lowest BCUT2D eigenvalue weighted by molar-refractivity contribution is 0.658. The molecule has 0 radical (unpaired) electrons. The summed E-state index contributed by atoms with van der Waals surface area (Å²) in [5.74, 6) is 1.08. The highest BCUT2D eigenvalue weighted by Crippen LogP contribution is 2.35. The Bertz CT molecular complexity index is 126. The molecule has 1 fully saturated rings. The van der Waals surface area contributed by atoms with E-state index in [1.54, 1.807) is 8.20 Å². The van der Waals surface area contributed by atoms with Crippen LogP contribution < -0.4 is 0 Å². The van der Waals surface area contributed by atoms with Crippen LogP contribution in [0.25, 0.3) is 0 Å². The maximum atomic E-state index is 1.88. The van der Waals surface area contributed by atoms with E-state index in [1.165, 1.54) is 31.8 Å².